The number of benzene rings is 12. The number of hydrogen-bond donors (Lipinski definition) is 0. The molecule has 0 aliphatic rings. The van der Waals surface area contributed by atoms with E-state index in [1.165, 1.54) is 0 Å². The lowest BCUT2D eigenvalue weighted by molar-refractivity contribution is 1.11. The third kappa shape index (κ3) is 9.12. The molecule has 442 valence electrons. The molecule has 0 bridgehead atoms. The summed E-state index contributed by atoms with van der Waals surface area (Å²) >= 11 is 0. The van der Waals surface area contributed by atoms with Gasteiger partial charge in [-0.1, -0.05) is 149 Å². The highest BCUT2D eigenvalue weighted by molar-refractivity contribution is 6.33. The molecule has 16 aromatic rings. The molecule has 0 radical (unpaired) electrons. The Morgan fingerprint density at radius 1 is 0.250 bits per heavy atom. The average molecular weight is 1190 g/mol. The van der Waals surface area contributed by atoms with E-state index < -0.39 is 0 Å². The van der Waals surface area contributed by atoms with Gasteiger partial charge in [0.2, 0.25) is 0 Å². The summed E-state index contributed by atoms with van der Waals surface area (Å²) in [6, 6.07) is 74.9. The van der Waals surface area contributed by atoms with Crippen LogP contribution in [0.5, 0.6) is 0 Å². The molecule has 4 aromatic heterocycles. The first kappa shape index (κ1) is 55.5. The summed E-state index contributed by atoms with van der Waals surface area (Å²) in [5, 5.41) is 10.1. The lowest BCUT2D eigenvalue weighted by atomic mass is 9.88. The Balaban J connectivity index is 1.16. The maximum atomic E-state index is 4.92. The van der Waals surface area contributed by atoms with E-state index in [1.54, 1.807) is 25.3 Å². The molecular weight excluding hydrogens is 1130 g/mol. The van der Waals surface area contributed by atoms with Crippen LogP contribution in [0.4, 0.5) is 68.2 Å². The van der Waals surface area contributed by atoms with E-state index in [9.17, 15) is 0 Å². The molecule has 12 aromatic carbocycles. The monoisotopic (exact) mass is 1190 g/mol. The summed E-state index contributed by atoms with van der Waals surface area (Å²) in [5.74, 6) is 0. The van der Waals surface area contributed by atoms with Crippen LogP contribution in [0.1, 0.15) is 49.9 Å². The highest BCUT2D eigenvalue weighted by Crippen LogP contribution is 2.57. The Labute approximate surface area is 532 Å². The fraction of sp³-hybridized carbons (Fsp3) is 0.100. The average Bonchev–Trinajstić information content (AvgIpc) is 0.699. The van der Waals surface area contributed by atoms with E-state index in [0.29, 0.717) is 0 Å². The van der Waals surface area contributed by atoms with E-state index in [2.05, 4.69) is 254 Å². The lowest BCUT2D eigenvalue weighted by Gasteiger charge is -2.36. The number of hydrogen-bond acceptors (Lipinski definition) is 12. The second-order valence-electron chi connectivity index (χ2n) is 23.1. The first-order chi connectivity index (χ1) is 45.5. The first-order valence-electron chi connectivity index (χ1n) is 31.6. The molecule has 0 amide bonds. The molecule has 0 saturated carbocycles. The largest absolute Gasteiger partial charge is 0.309 e. The van der Waals surface area contributed by atoms with Crippen molar-refractivity contribution in [2.75, 3.05) is 19.6 Å². The minimum atomic E-state index is 0.753. The number of nitrogens with zero attached hydrogens (tertiary/aromatic N) is 12. The summed E-state index contributed by atoms with van der Waals surface area (Å²) in [5.41, 5.74) is 19.9. The number of para-hydroxylation sites is 4. The van der Waals surface area contributed by atoms with Crippen molar-refractivity contribution >= 4 is 144 Å². The van der Waals surface area contributed by atoms with Crippen LogP contribution in [-0.4, -0.2) is 39.9 Å². The molecule has 0 spiro atoms. The van der Waals surface area contributed by atoms with Crippen molar-refractivity contribution in [1.82, 2.24) is 39.9 Å². The maximum Gasteiger partial charge on any atom is 0.116 e. The first-order valence-corrected chi connectivity index (χ1v) is 31.6. The zero-order chi connectivity index (χ0) is 61.8. The second kappa shape index (κ2) is 23.3. The summed E-state index contributed by atoms with van der Waals surface area (Å²) in [6.07, 6.45) is 17.5. The number of fused-ring (bicyclic) bond motifs is 4. The minimum absolute atomic E-state index is 0.753. The third-order valence-corrected chi connectivity index (χ3v) is 18.2. The van der Waals surface area contributed by atoms with Crippen LogP contribution in [-0.2, 0) is 25.7 Å². The molecule has 0 fully saturated rings. The minimum Gasteiger partial charge on any atom is -0.309 e. The van der Waals surface area contributed by atoms with Crippen molar-refractivity contribution < 1.29 is 0 Å². The van der Waals surface area contributed by atoms with Crippen LogP contribution in [0.15, 0.2) is 256 Å². The molecule has 16 rings (SSSR count). The van der Waals surface area contributed by atoms with Crippen LogP contribution in [0, 0.1) is 0 Å². The van der Waals surface area contributed by atoms with Gasteiger partial charge >= 0.3 is 0 Å². The SMILES string of the molecule is CCc1ccc2ncncc2c1N(c1ccccc1)c1cc(N(c2ccccc2)c2c(CC)ccc3ncncc23)c2ccc3c(N(c4ccccc4)c4c(CC)ccc5ncncc45)cc(N(c4ccccc4)c4c(CC)ccc5ncncc45)c4ccc1c2c43. The van der Waals surface area contributed by atoms with Gasteiger partial charge in [-0.2, -0.15) is 0 Å². The predicted molar refractivity (Wildman–Crippen MR) is 379 cm³/mol. The second-order valence-corrected chi connectivity index (χ2v) is 23.1. The van der Waals surface area contributed by atoms with Crippen LogP contribution in [0.2, 0.25) is 0 Å². The van der Waals surface area contributed by atoms with Gasteiger partial charge < -0.3 is 19.6 Å². The van der Waals surface area contributed by atoms with Gasteiger partial charge in [0, 0.05) is 101 Å². The van der Waals surface area contributed by atoms with Crippen molar-refractivity contribution in [2.24, 2.45) is 0 Å². The van der Waals surface area contributed by atoms with E-state index in [1.807, 2.05) is 24.8 Å². The van der Waals surface area contributed by atoms with Gasteiger partial charge in [0.25, 0.3) is 0 Å². The maximum absolute atomic E-state index is 4.92. The van der Waals surface area contributed by atoms with Crippen LogP contribution >= 0.6 is 0 Å². The van der Waals surface area contributed by atoms with Gasteiger partial charge in [0.1, 0.15) is 25.3 Å². The summed E-state index contributed by atoms with van der Waals surface area (Å²) in [7, 11) is 0. The molecule has 0 aliphatic heterocycles. The van der Waals surface area contributed by atoms with Gasteiger partial charge in [0.05, 0.1) is 67.6 Å². The molecule has 0 aliphatic carbocycles. The standard InChI is InChI=1S/C80H62N12/c1-5-51-29-37-67-63(43-81-47-85-67)77(51)89(55-21-13-9-14-22-55)71-41-72(90(56-23-15-10-16-24-56)78-52(6-2)30-38-68-64(78)44-82-48-86-68)60-35-36-62-74(92(58-27-19-12-20-28-58)80-54(8-4)32-40-70-66(80)46-84-50-88-70)42-73(61-34-33-59(71)75(60)76(61)62)91(57-25-17-11-18-26-57)79-53(7-3)31-39-69-65(79)45-83-49-87-69/h9-50H,5-8H2,1-4H3. The van der Waals surface area contributed by atoms with E-state index in [4.69, 9.17) is 39.9 Å². The lowest BCUT2D eigenvalue weighted by Crippen LogP contribution is -2.18. The van der Waals surface area contributed by atoms with Crippen LogP contribution in [0.25, 0.3) is 75.9 Å². The van der Waals surface area contributed by atoms with E-state index >= 15 is 0 Å². The molecule has 92 heavy (non-hydrogen) atoms. The molecule has 0 N–H and O–H groups in total. The van der Waals surface area contributed by atoms with Crippen molar-refractivity contribution in [2.45, 2.75) is 53.4 Å². The smallest absolute Gasteiger partial charge is 0.116 e. The number of aromatic nitrogens is 8. The molecule has 0 unspecified atom stereocenters. The van der Waals surface area contributed by atoms with Gasteiger partial charge in [-0.3, -0.25) is 0 Å². The van der Waals surface area contributed by atoms with Crippen molar-refractivity contribution in [3.63, 3.8) is 0 Å². The normalized spacial score (nSPS) is 11.7. The number of anilines is 12. The molecule has 12 nitrogen and oxygen atoms in total. The fourth-order valence-corrected chi connectivity index (χ4v) is 14.1. The predicted octanol–water partition coefficient (Wildman–Crippen LogP) is 20.5. The number of rotatable bonds is 16. The highest BCUT2D eigenvalue weighted by Gasteiger charge is 2.33. The zero-order valence-electron chi connectivity index (χ0n) is 51.4. The van der Waals surface area contributed by atoms with Gasteiger partial charge in [0.15, 0.2) is 0 Å². The van der Waals surface area contributed by atoms with Crippen molar-refractivity contribution in [3.05, 3.63) is 279 Å². The Morgan fingerprint density at radius 2 is 0.478 bits per heavy atom. The van der Waals surface area contributed by atoms with Crippen LogP contribution in [0.3, 0.4) is 0 Å². The Bertz CT molecular complexity index is 4770. The molecular formula is C80H62N12. The van der Waals surface area contributed by atoms with Gasteiger partial charge in [-0.25, -0.2) is 39.9 Å². The number of aryl methyl sites for hydroxylation is 4. The molecule has 4 heterocycles. The highest BCUT2D eigenvalue weighted by atomic mass is 15.2. The molecule has 0 atom stereocenters. The topological polar surface area (TPSA) is 116 Å². The Hall–Kier alpha value is -11.8. The third-order valence-electron chi connectivity index (χ3n) is 18.2. The molecule has 0 saturated heterocycles. The zero-order valence-corrected chi connectivity index (χ0v) is 51.4. The van der Waals surface area contributed by atoms with Crippen molar-refractivity contribution in [3.8, 4) is 0 Å². The van der Waals surface area contributed by atoms with Crippen molar-refractivity contribution in [1.29, 1.82) is 0 Å². The van der Waals surface area contributed by atoms with Gasteiger partial charge in [-0.05, 0) is 133 Å². The summed E-state index contributed by atoms with van der Waals surface area (Å²) in [6.45, 7) is 8.93. The Kier molecular flexibility index (Phi) is 14.1. The van der Waals surface area contributed by atoms with Gasteiger partial charge in [-0.15, -0.1) is 0 Å². The molecule has 12 heteroatoms. The fourth-order valence-electron chi connectivity index (χ4n) is 14.1. The van der Waals surface area contributed by atoms with E-state index in [-0.39, 0.29) is 0 Å². The summed E-state index contributed by atoms with van der Waals surface area (Å²) in [4.78, 5) is 48.6. The van der Waals surface area contributed by atoms with E-state index in [0.717, 1.165) is 192 Å². The summed E-state index contributed by atoms with van der Waals surface area (Å²) < 4.78 is 0. The quantitative estimate of drug-likeness (QED) is 0.0858. The van der Waals surface area contributed by atoms with Crippen LogP contribution < -0.4 is 19.6 Å². The Morgan fingerprint density at radius 3 is 0.696 bits per heavy atom.